The second-order valence-electron chi connectivity index (χ2n) is 5.79. The van der Waals surface area contributed by atoms with Crippen LogP contribution in [0.5, 0.6) is 0 Å². The van der Waals surface area contributed by atoms with E-state index in [4.69, 9.17) is 0 Å². The minimum atomic E-state index is 0.0445. The van der Waals surface area contributed by atoms with Crippen molar-refractivity contribution in [2.24, 2.45) is 5.92 Å². The molecule has 1 aromatic rings. The zero-order chi connectivity index (χ0) is 15.7. The van der Waals surface area contributed by atoms with Crippen LogP contribution in [0, 0.1) is 5.92 Å². The van der Waals surface area contributed by atoms with Crippen LogP contribution in [0.15, 0.2) is 5.16 Å². The molecule has 120 valence electrons. The minimum absolute atomic E-state index is 0.0445. The highest BCUT2D eigenvalue weighted by Crippen LogP contribution is 2.14. The Morgan fingerprint density at radius 3 is 2.76 bits per heavy atom. The number of hydrogen-bond acceptors (Lipinski definition) is 5. The van der Waals surface area contributed by atoms with Crippen molar-refractivity contribution in [1.29, 1.82) is 0 Å². The molecule has 21 heavy (non-hydrogen) atoms. The van der Waals surface area contributed by atoms with Gasteiger partial charge in [-0.2, -0.15) is 0 Å². The molecule has 0 saturated carbocycles. The van der Waals surface area contributed by atoms with Crippen LogP contribution >= 0.6 is 11.8 Å². The Balaban J connectivity index is 2.31. The summed E-state index contributed by atoms with van der Waals surface area (Å²) in [5.41, 5.74) is 0. The first-order valence-corrected chi connectivity index (χ1v) is 8.69. The molecule has 1 N–H and O–H groups in total. The topological polar surface area (TPSA) is 72.7 Å². The first kappa shape index (κ1) is 17.9. The maximum atomic E-state index is 11.9. The number of unbranched alkanes of at least 4 members (excludes halogenated alkanes) is 2. The van der Waals surface area contributed by atoms with E-state index < -0.39 is 0 Å². The molecule has 0 radical (unpaired) electrons. The lowest BCUT2D eigenvalue weighted by Crippen LogP contribution is -2.33. The normalized spacial score (nSPS) is 12.6. The van der Waals surface area contributed by atoms with Crippen molar-refractivity contribution in [3.05, 3.63) is 0 Å². The van der Waals surface area contributed by atoms with Gasteiger partial charge in [-0.3, -0.25) is 4.79 Å². The average molecular weight is 313 g/mol. The highest BCUT2D eigenvalue weighted by atomic mass is 32.2. The number of amides is 1. The first-order valence-electron chi connectivity index (χ1n) is 7.71. The summed E-state index contributed by atoms with van der Waals surface area (Å²) < 4.78 is 1.76. The van der Waals surface area contributed by atoms with Crippen LogP contribution in [-0.2, 0) is 11.3 Å². The van der Waals surface area contributed by atoms with E-state index in [1.807, 2.05) is 0 Å². The minimum Gasteiger partial charge on any atom is -0.353 e. The van der Waals surface area contributed by atoms with Gasteiger partial charge < -0.3 is 5.32 Å². The molecule has 1 aromatic heterocycles. The molecule has 1 amide bonds. The summed E-state index contributed by atoms with van der Waals surface area (Å²) in [4.78, 5) is 11.9. The quantitative estimate of drug-likeness (QED) is 0.531. The Kier molecular flexibility index (Phi) is 8.34. The Morgan fingerprint density at radius 2 is 2.10 bits per heavy atom. The number of carbonyl (C=O) groups is 1. The molecule has 1 atom stereocenters. The van der Waals surface area contributed by atoms with Crippen LogP contribution in [0.4, 0.5) is 0 Å². The fourth-order valence-electron chi connectivity index (χ4n) is 1.98. The molecule has 0 aliphatic carbocycles. The Labute approximate surface area is 131 Å². The van der Waals surface area contributed by atoms with Crippen LogP contribution in [0.3, 0.4) is 0 Å². The van der Waals surface area contributed by atoms with Gasteiger partial charge in [0.25, 0.3) is 0 Å². The molecular weight excluding hydrogens is 286 g/mol. The highest BCUT2D eigenvalue weighted by molar-refractivity contribution is 7.99. The van der Waals surface area contributed by atoms with E-state index in [1.54, 1.807) is 4.68 Å². The van der Waals surface area contributed by atoms with Crippen molar-refractivity contribution in [2.75, 3.05) is 5.75 Å². The van der Waals surface area contributed by atoms with Crippen LogP contribution < -0.4 is 5.32 Å². The first-order chi connectivity index (χ1) is 10.0. The Hall–Kier alpha value is -1.11. The van der Waals surface area contributed by atoms with Gasteiger partial charge in [0.15, 0.2) is 0 Å². The van der Waals surface area contributed by atoms with Gasteiger partial charge >= 0.3 is 0 Å². The van der Waals surface area contributed by atoms with Crippen LogP contribution in [0.1, 0.15) is 53.4 Å². The summed E-state index contributed by atoms with van der Waals surface area (Å²) in [5, 5.41) is 15.3. The molecule has 1 rings (SSSR count). The van der Waals surface area contributed by atoms with Crippen LogP contribution in [0.2, 0.25) is 0 Å². The fraction of sp³-hybridized carbons (Fsp3) is 0.857. The second kappa shape index (κ2) is 9.76. The molecule has 1 heterocycles. The number of tetrazole rings is 1. The molecule has 7 heteroatoms. The fourth-order valence-corrected chi connectivity index (χ4v) is 2.68. The van der Waals surface area contributed by atoms with Crippen molar-refractivity contribution < 1.29 is 4.79 Å². The van der Waals surface area contributed by atoms with E-state index >= 15 is 0 Å². The van der Waals surface area contributed by atoms with Crippen molar-refractivity contribution in [3.63, 3.8) is 0 Å². The van der Waals surface area contributed by atoms with Gasteiger partial charge in [-0.1, -0.05) is 51.8 Å². The third kappa shape index (κ3) is 7.45. The molecule has 0 spiro atoms. The third-order valence-corrected chi connectivity index (χ3v) is 3.97. The second-order valence-corrected chi connectivity index (χ2v) is 6.73. The van der Waals surface area contributed by atoms with Gasteiger partial charge in [0.2, 0.25) is 11.1 Å². The molecule has 6 nitrogen and oxygen atoms in total. The number of aromatic nitrogens is 4. The van der Waals surface area contributed by atoms with Gasteiger partial charge in [-0.25, -0.2) is 4.68 Å². The molecule has 1 unspecified atom stereocenters. The van der Waals surface area contributed by atoms with Crippen LogP contribution in [-0.4, -0.2) is 37.9 Å². The molecule has 0 aliphatic heterocycles. The zero-order valence-corrected chi connectivity index (χ0v) is 14.3. The number of nitrogens with one attached hydrogen (secondary N) is 1. The largest absolute Gasteiger partial charge is 0.353 e. The van der Waals surface area contributed by atoms with Crippen LogP contribution in [0.25, 0.3) is 0 Å². The lowest BCUT2D eigenvalue weighted by atomic mass is 10.1. The van der Waals surface area contributed by atoms with E-state index in [0.29, 0.717) is 16.8 Å². The van der Waals surface area contributed by atoms with Crippen molar-refractivity contribution >= 4 is 17.7 Å². The summed E-state index contributed by atoms with van der Waals surface area (Å²) in [6.07, 6.45) is 4.63. The molecule has 0 aliphatic rings. The lowest BCUT2D eigenvalue weighted by molar-refractivity contribution is -0.119. The molecule has 0 fully saturated rings. The SMILES string of the molecule is CCCCCC(C)NC(=O)CSc1nnnn1CC(C)C. The van der Waals surface area contributed by atoms with Gasteiger partial charge in [-0.15, -0.1) is 5.10 Å². The summed E-state index contributed by atoms with van der Waals surface area (Å²) in [6, 6.07) is 0.233. The van der Waals surface area contributed by atoms with Gasteiger partial charge in [0.1, 0.15) is 0 Å². The zero-order valence-electron chi connectivity index (χ0n) is 13.5. The Bertz CT molecular complexity index is 421. The van der Waals surface area contributed by atoms with Crippen molar-refractivity contribution in [3.8, 4) is 0 Å². The molecule has 0 aromatic carbocycles. The number of rotatable bonds is 10. The van der Waals surface area contributed by atoms with Gasteiger partial charge in [0.05, 0.1) is 5.75 Å². The monoisotopic (exact) mass is 313 g/mol. The summed E-state index contributed by atoms with van der Waals surface area (Å²) in [6.45, 7) is 9.23. The van der Waals surface area contributed by atoms with E-state index in [1.165, 1.54) is 24.6 Å². The average Bonchev–Trinajstić information content (AvgIpc) is 2.83. The third-order valence-electron chi connectivity index (χ3n) is 3.02. The van der Waals surface area contributed by atoms with E-state index in [9.17, 15) is 4.79 Å². The predicted octanol–water partition coefficient (Wildman–Crippen LogP) is 2.51. The van der Waals surface area contributed by atoms with Gasteiger partial charge in [-0.05, 0) is 29.7 Å². The number of hydrogen-bond donors (Lipinski definition) is 1. The summed E-state index contributed by atoms with van der Waals surface area (Å²) in [5.74, 6) is 0.875. The summed E-state index contributed by atoms with van der Waals surface area (Å²) in [7, 11) is 0. The van der Waals surface area contributed by atoms with E-state index in [-0.39, 0.29) is 11.9 Å². The molecular formula is C14H27N5OS. The van der Waals surface area contributed by atoms with E-state index in [0.717, 1.165) is 19.4 Å². The maximum absolute atomic E-state index is 11.9. The smallest absolute Gasteiger partial charge is 0.230 e. The molecule has 0 saturated heterocycles. The van der Waals surface area contributed by atoms with Gasteiger partial charge in [0, 0.05) is 12.6 Å². The van der Waals surface area contributed by atoms with E-state index in [2.05, 4.69) is 48.5 Å². The Morgan fingerprint density at radius 1 is 1.33 bits per heavy atom. The number of carbonyl (C=O) groups excluding carboxylic acids is 1. The van der Waals surface area contributed by atoms with Crippen molar-refractivity contribution in [2.45, 2.75) is 71.1 Å². The predicted molar refractivity (Wildman–Crippen MR) is 85.1 cm³/mol. The number of nitrogens with zero attached hydrogens (tertiary/aromatic N) is 4. The maximum Gasteiger partial charge on any atom is 0.230 e. The van der Waals surface area contributed by atoms with Crippen molar-refractivity contribution in [1.82, 2.24) is 25.5 Å². The molecule has 0 bridgehead atoms. The summed E-state index contributed by atoms with van der Waals surface area (Å²) >= 11 is 1.39. The number of thioether (sulfide) groups is 1. The highest BCUT2D eigenvalue weighted by Gasteiger charge is 2.12. The standard InChI is InChI=1S/C14H27N5OS/c1-5-6-7-8-12(4)15-13(20)10-21-14-16-17-18-19(14)9-11(2)3/h11-12H,5-10H2,1-4H3,(H,15,20). The lowest BCUT2D eigenvalue weighted by Gasteiger charge is -2.13.